The van der Waals surface area contributed by atoms with Gasteiger partial charge in [-0.05, 0) is 61.2 Å². The van der Waals surface area contributed by atoms with Gasteiger partial charge >= 0.3 is 6.18 Å². The van der Waals surface area contributed by atoms with Gasteiger partial charge < -0.3 is 5.32 Å². The predicted octanol–water partition coefficient (Wildman–Crippen LogP) is 6.51. The van der Waals surface area contributed by atoms with Crippen molar-refractivity contribution in [1.82, 2.24) is 15.5 Å². The van der Waals surface area contributed by atoms with Gasteiger partial charge in [0.2, 0.25) is 0 Å². The van der Waals surface area contributed by atoms with Gasteiger partial charge in [-0.1, -0.05) is 54.6 Å². The number of nitrogens with zero attached hydrogens (tertiary/aromatic N) is 1. The fraction of sp³-hybridized carbons (Fsp3) is 0.185. The fourth-order valence-corrected chi connectivity index (χ4v) is 3.68. The van der Waals surface area contributed by atoms with Crippen LogP contribution in [0.25, 0.3) is 22.5 Å². The average molecular weight is 464 g/mol. The summed E-state index contributed by atoms with van der Waals surface area (Å²) >= 11 is 0. The Morgan fingerprint density at radius 2 is 1.68 bits per heavy atom. The van der Waals surface area contributed by atoms with Gasteiger partial charge in [0.25, 0.3) is 5.91 Å². The van der Waals surface area contributed by atoms with Crippen LogP contribution in [0.3, 0.4) is 0 Å². The maximum Gasteiger partial charge on any atom is 0.416 e. The van der Waals surface area contributed by atoms with Crippen LogP contribution in [0.5, 0.6) is 0 Å². The van der Waals surface area contributed by atoms with E-state index in [9.17, 15) is 18.0 Å². The van der Waals surface area contributed by atoms with Gasteiger partial charge in [0.05, 0.1) is 17.0 Å². The molecule has 0 fully saturated rings. The van der Waals surface area contributed by atoms with Gasteiger partial charge in [-0.2, -0.15) is 18.3 Å². The lowest BCUT2D eigenvalue weighted by atomic mass is 10.0. The molecule has 2 N–H and O–H groups in total. The summed E-state index contributed by atoms with van der Waals surface area (Å²) in [7, 11) is 0. The lowest BCUT2D eigenvalue weighted by Crippen LogP contribution is -2.32. The van der Waals surface area contributed by atoms with Crippen LogP contribution in [0.1, 0.15) is 34.8 Å². The van der Waals surface area contributed by atoms with E-state index in [1.54, 1.807) is 36.4 Å². The zero-order valence-electron chi connectivity index (χ0n) is 18.6. The molecule has 7 heteroatoms. The Morgan fingerprint density at radius 3 is 2.38 bits per heavy atom. The number of halogens is 3. The Balaban J connectivity index is 1.39. The molecule has 34 heavy (non-hydrogen) atoms. The first-order valence-electron chi connectivity index (χ1n) is 11.0. The number of carbonyl (C=O) groups is 1. The predicted molar refractivity (Wildman–Crippen MR) is 126 cm³/mol. The van der Waals surface area contributed by atoms with E-state index >= 15 is 0 Å². The zero-order valence-corrected chi connectivity index (χ0v) is 18.6. The summed E-state index contributed by atoms with van der Waals surface area (Å²) in [6.45, 7) is 1.98. The number of aromatic amines is 1. The van der Waals surface area contributed by atoms with Crippen LogP contribution in [0, 0.1) is 0 Å². The summed E-state index contributed by atoms with van der Waals surface area (Å²) in [4.78, 5) is 12.6. The first-order valence-corrected chi connectivity index (χ1v) is 11.0. The van der Waals surface area contributed by atoms with Crippen molar-refractivity contribution in [3.63, 3.8) is 0 Å². The molecule has 0 aliphatic rings. The Morgan fingerprint density at radius 1 is 0.941 bits per heavy atom. The number of aromatic nitrogens is 2. The Bertz CT molecular complexity index is 1250. The minimum Gasteiger partial charge on any atom is -0.350 e. The van der Waals surface area contributed by atoms with Crippen molar-refractivity contribution < 1.29 is 18.0 Å². The molecule has 0 aliphatic heterocycles. The number of amides is 1. The molecule has 1 aromatic heterocycles. The van der Waals surface area contributed by atoms with Crippen LogP contribution in [0.2, 0.25) is 0 Å². The molecule has 4 rings (SSSR count). The smallest absolute Gasteiger partial charge is 0.350 e. The molecule has 0 bridgehead atoms. The Labute approximate surface area is 195 Å². The molecule has 0 unspecified atom stereocenters. The highest BCUT2D eigenvalue weighted by molar-refractivity contribution is 5.94. The van der Waals surface area contributed by atoms with E-state index in [-0.39, 0.29) is 11.9 Å². The summed E-state index contributed by atoms with van der Waals surface area (Å²) in [5.74, 6) is -0.152. The van der Waals surface area contributed by atoms with Gasteiger partial charge in [0.1, 0.15) is 0 Å². The molecular weight excluding hydrogens is 439 g/mol. The molecule has 4 aromatic rings. The molecule has 1 atom stereocenters. The van der Waals surface area contributed by atoms with Crippen molar-refractivity contribution in [3.8, 4) is 22.5 Å². The third-order valence-corrected chi connectivity index (χ3v) is 5.61. The molecule has 0 saturated heterocycles. The summed E-state index contributed by atoms with van der Waals surface area (Å²) < 4.78 is 39.0. The van der Waals surface area contributed by atoms with Crippen LogP contribution < -0.4 is 5.32 Å². The Hall–Kier alpha value is -3.87. The van der Waals surface area contributed by atoms with E-state index in [0.29, 0.717) is 22.5 Å². The molecule has 1 heterocycles. The number of H-pyrrole nitrogens is 1. The van der Waals surface area contributed by atoms with Crippen molar-refractivity contribution in [2.75, 3.05) is 0 Å². The fourth-order valence-electron chi connectivity index (χ4n) is 3.68. The highest BCUT2D eigenvalue weighted by Crippen LogP contribution is 2.32. The maximum absolute atomic E-state index is 13.0. The van der Waals surface area contributed by atoms with Crippen molar-refractivity contribution in [2.45, 2.75) is 32.0 Å². The third-order valence-electron chi connectivity index (χ3n) is 5.61. The van der Waals surface area contributed by atoms with E-state index in [0.717, 1.165) is 30.5 Å². The molecule has 0 spiro atoms. The number of aryl methyl sites for hydroxylation is 1. The third kappa shape index (κ3) is 5.73. The van der Waals surface area contributed by atoms with Crippen LogP contribution in [0.4, 0.5) is 13.2 Å². The van der Waals surface area contributed by atoms with Gasteiger partial charge in [0.15, 0.2) is 0 Å². The van der Waals surface area contributed by atoms with Crippen LogP contribution in [-0.2, 0) is 12.6 Å². The SMILES string of the molecule is C[C@@H](CCc1ccccc1)NC(=O)c1ccc(-c2cc(-c3cccc(C(F)(F)F)c3)n[nH]2)cc1. The number of rotatable bonds is 7. The highest BCUT2D eigenvalue weighted by Gasteiger charge is 2.30. The van der Waals surface area contributed by atoms with Crippen molar-refractivity contribution in [3.05, 3.63) is 102 Å². The zero-order chi connectivity index (χ0) is 24.1. The second kappa shape index (κ2) is 9.95. The molecule has 1 amide bonds. The minimum absolute atomic E-state index is 0.0232. The van der Waals surface area contributed by atoms with Crippen molar-refractivity contribution in [1.29, 1.82) is 0 Å². The van der Waals surface area contributed by atoms with Gasteiger partial charge in [0, 0.05) is 17.2 Å². The molecule has 4 nitrogen and oxygen atoms in total. The van der Waals surface area contributed by atoms with E-state index in [2.05, 4.69) is 27.6 Å². The first-order chi connectivity index (χ1) is 16.3. The van der Waals surface area contributed by atoms with E-state index < -0.39 is 11.7 Å². The molecular formula is C27H24F3N3O. The van der Waals surface area contributed by atoms with Crippen molar-refractivity contribution in [2.24, 2.45) is 0 Å². The maximum atomic E-state index is 13.0. The Kier molecular flexibility index (Phi) is 6.82. The molecule has 3 aromatic carbocycles. The van der Waals surface area contributed by atoms with Gasteiger partial charge in [-0.3, -0.25) is 9.89 Å². The number of hydrogen-bond acceptors (Lipinski definition) is 2. The summed E-state index contributed by atoms with van der Waals surface area (Å²) in [6, 6.07) is 23.9. The lowest BCUT2D eigenvalue weighted by Gasteiger charge is -2.14. The van der Waals surface area contributed by atoms with Crippen LogP contribution >= 0.6 is 0 Å². The molecule has 0 aliphatic carbocycles. The quantitative estimate of drug-likeness (QED) is 0.328. The lowest BCUT2D eigenvalue weighted by molar-refractivity contribution is -0.137. The average Bonchev–Trinajstić information content (AvgIpc) is 3.33. The second-order valence-corrected chi connectivity index (χ2v) is 8.22. The monoisotopic (exact) mass is 463 g/mol. The topological polar surface area (TPSA) is 57.8 Å². The molecule has 0 saturated carbocycles. The summed E-state index contributed by atoms with van der Waals surface area (Å²) in [6.07, 6.45) is -2.69. The van der Waals surface area contributed by atoms with Crippen LogP contribution in [-0.4, -0.2) is 22.1 Å². The van der Waals surface area contributed by atoms with E-state index in [1.165, 1.54) is 11.6 Å². The van der Waals surface area contributed by atoms with E-state index in [4.69, 9.17) is 0 Å². The summed E-state index contributed by atoms with van der Waals surface area (Å²) in [5.41, 5.74) is 3.26. The number of carbonyl (C=O) groups excluding carboxylic acids is 1. The van der Waals surface area contributed by atoms with Gasteiger partial charge in [-0.25, -0.2) is 0 Å². The first kappa shape index (κ1) is 23.3. The highest BCUT2D eigenvalue weighted by atomic mass is 19.4. The van der Waals surface area contributed by atoms with Crippen LogP contribution in [0.15, 0.2) is 84.9 Å². The van der Waals surface area contributed by atoms with E-state index in [1.807, 2.05) is 25.1 Å². The molecule has 174 valence electrons. The van der Waals surface area contributed by atoms with Crippen molar-refractivity contribution >= 4 is 5.91 Å². The largest absolute Gasteiger partial charge is 0.416 e. The number of alkyl halides is 3. The summed E-state index contributed by atoms with van der Waals surface area (Å²) in [5, 5.41) is 10.0. The van der Waals surface area contributed by atoms with Gasteiger partial charge in [-0.15, -0.1) is 0 Å². The molecule has 0 radical (unpaired) electrons. The number of hydrogen-bond donors (Lipinski definition) is 2. The number of benzene rings is 3. The minimum atomic E-state index is -4.41. The normalized spacial score (nSPS) is 12.4. The standard InChI is InChI=1S/C27H24F3N3O/c1-18(10-11-19-6-3-2-4-7-19)31-26(34)21-14-12-20(13-15-21)24-17-25(33-32-24)22-8-5-9-23(16-22)27(28,29)30/h2-9,12-18H,10-11H2,1H3,(H,31,34)(H,32,33)/t18-/m0/s1. The number of nitrogens with one attached hydrogen (secondary N) is 2. The second-order valence-electron chi connectivity index (χ2n) is 8.22.